The minimum Gasteiger partial charge on any atom is -0.484 e. The van der Waals surface area contributed by atoms with Crippen LogP contribution in [0.15, 0.2) is 23.2 Å². The Balaban J connectivity index is 0.00000392. The number of hydrogen-bond acceptors (Lipinski definition) is 3. The number of nitrogens with one attached hydrogen (secondary N) is 2. The van der Waals surface area contributed by atoms with E-state index in [4.69, 9.17) is 4.74 Å². The van der Waals surface area contributed by atoms with E-state index in [0.717, 1.165) is 12.1 Å². The van der Waals surface area contributed by atoms with Gasteiger partial charge in [-0.2, -0.15) is 13.2 Å². The number of aryl methyl sites for hydroxylation is 1. The molecule has 1 saturated carbocycles. The third-order valence-electron chi connectivity index (χ3n) is 4.59. The zero-order chi connectivity index (χ0) is 20.0. The van der Waals surface area contributed by atoms with Crippen LogP contribution in [0.5, 0.6) is 5.75 Å². The number of guanidine groups is 1. The van der Waals surface area contributed by atoms with Crippen molar-refractivity contribution in [3.63, 3.8) is 0 Å². The van der Waals surface area contributed by atoms with E-state index in [-0.39, 0.29) is 29.7 Å². The van der Waals surface area contributed by atoms with Gasteiger partial charge in [0, 0.05) is 31.7 Å². The Bertz CT molecular complexity index is 647. The number of nitrogens with zero attached hydrogens (tertiary/aromatic N) is 2. The van der Waals surface area contributed by atoms with E-state index < -0.39 is 12.8 Å². The third-order valence-corrected chi connectivity index (χ3v) is 4.59. The first-order valence-electron chi connectivity index (χ1n) is 9.09. The number of ether oxygens (including phenoxy) is 1. The second-order valence-corrected chi connectivity index (χ2v) is 7.19. The van der Waals surface area contributed by atoms with Crippen LogP contribution in [-0.4, -0.2) is 57.4 Å². The summed E-state index contributed by atoms with van der Waals surface area (Å²) in [5.41, 5.74) is 1.50. The highest BCUT2D eigenvalue weighted by Crippen LogP contribution is 2.34. The van der Waals surface area contributed by atoms with Crippen LogP contribution in [0.25, 0.3) is 0 Å². The molecule has 160 valence electrons. The van der Waals surface area contributed by atoms with E-state index in [2.05, 4.69) is 34.6 Å². The molecule has 28 heavy (non-hydrogen) atoms. The zero-order valence-corrected chi connectivity index (χ0v) is 19.1. The van der Waals surface area contributed by atoms with Crippen molar-refractivity contribution in [1.82, 2.24) is 15.5 Å². The molecule has 2 rings (SSSR count). The molecular formula is C19H30F3IN4O. The van der Waals surface area contributed by atoms with E-state index >= 15 is 0 Å². The molecular weight excluding hydrogens is 484 g/mol. The molecule has 2 N–H and O–H groups in total. The SMILES string of the molecule is CN=C(NCc1ccc(C)cc1OCC(F)(F)F)NCC(C1CC1)N(C)C.I. The highest BCUT2D eigenvalue weighted by Gasteiger charge is 2.32. The molecule has 1 atom stereocenters. The van der Waals surface area contributed by atoms with Crippen LogP contribution in [-0.2, 0) is 6.54 Å². The van der Waals surface area contributed by atoms with Gasteiger partial charge < -0.3 is 20.3 Å². The van der Waals surface area contributed by atoms with Crippen LogP contribution >= 0.6 is 24.0 Å². The highest BCUT2D eigenvalue weighted by atomic mass is 127. The normalized spacial score (nSPS) is 15.8. The number of aliphatic imine (C=N–C) groups is 1. The van der Waals surface area contributed by atoms with Crippen molar-refractivity contribution in [2.75, 3.05) is 34.3 Å². The van der Waals surface area contributed by atoms with Crippen molar-refractivity contribution >= 4 is 29.9 Å². The lowest BCUT2D eigenvalue weighted by atomic mass is 10.1. The van der Waals surface area contributed by atoms with Gasteiger partial charge in [0.25, 0.3) is 0 Å². The highest BCUT2D eigenvalue weighted by molar-refractivity contribution is 14.0. The molecule has 0 saturated heterocycles. The summed E-state index contributed by atoms with van der Waals surface area (Å²) in [7, 11) is 5.81. The van der Waals surface area contributed by atoms with Gasteiger partial charge in [-0.3, -0.25) is 4.99 Å². The molecule has 1 aliphatic carbocycles. The van der Waals surface area contributed by atoms with Gasteiger partial charge in [-0.25, -0.2) is 0 Å². The van der Waals surface area contributed by atoms with Crippen LogP contribution in [0.4, 0.5) is 13.2 Å². The molecule has 0 heterocycles. The van der Waals surface area contributed by atoms with E-state index in [9.17, 15) is 13.2 Å². The number of likely N-dealkylation sites (N-methyl/N-ethyl adjacent to an activating group) is 1. The summed E-state index contributed by atoms with van der Waals surface area (Å²) >= 11 is 0. The molecule has 1 unspecified atom stereocenters. The Labute approximate surface area is 182 Å². The quantitative estimate of drug-likeness (QED) is 0.317. The fourth-order valence-corrected chi connectivity index (χ4v) is 2.95. The Kier molecular flexibility index (Phi) is 9.82. The maximum atomic E-state index is 12.5. The second kappa shape index (κ2) is 11.1. The first kappa shape index (κ1) is 24.8. The van der Waals surface area contributed by atoms with Crippen molar-refractivity contribution in [2.45, 2.75) is 38.5 Å². The van der Waals surface area contributed by atoms with Gasteiger partial charge in [0.2, 0.25) is 0 Å². The third kappa shape index (κ3) is 8.42. The minimum atomic E-state index is -4.37. The van der Waals surface area contributed by atoms with Gasteiger partial charge in [-0.05, 0) is 51.4 Å². The molecule has 1 aromatic carbocycles. The zero-order valence-electron chi connectivity index (χ0n) is 16.8. The average molecular weight is 514 g/mol. The molecule has 9 heteroatoms. The molecule has 0 aliphatic heterocycles. The summed E-state index contributed by atoms with van der Waals surface area (Å²) in [4.78, 5) is 6.41. The first-order valence-corrected chi connectivity index (χ1v) is 9.09. The topological polar surface area (TPSA) is 48.9 Å². The van der Waals surface area contributed by atoms with Gasteiger partial charge in [0.15, 0.2) is 12.6 Å². The molecule has 0 amide bonds. The summed E-state index contributed by atoms with van der Waals surface area (Å²) in [5.74, 6) is 1.56. The monoisotopic (exact) mass is 514 g/mol. The fourth-order valence-electron chi connectivity index (χ4n) is 2.95. The maximum Gasteiger partial charge on any atom is 0.422 e. The van der Waals surface area contributed by atoms with Crippen LogP contribution in [0, 0.1) is 12.8 Å². The van der Waals surface area contributed by atoms with Gasteiger partial charge in [0.05, 0.1) is 0 Å². The number of alkyl halides is 3. The molecule has 1 aliphatic rings. The van der Waals surface area contributed by atoms with Crippen molar-refractivity contribution in [3.05, 3.63) is 29.3 Å². The average Bonchev–Trinajstić information content (AvgIpc) is 3.41. The predicted molar refractivity (Wildman–Crippen MR) is 117 cm³/mol. The van der Waals surface area contributed by atoms with Crippen LogP contribution in [0.3, 0.4) is 0 Å². The summed E-state index contributed by atoms with van der Waals surface area (Å²) in [6.07, 6.45) is -1.87. The summed E-state index contributed by atoms with van der Waals surface area (Å²) < 4.78 is 42.4. The van der Waals surface area contributed by atoms with Crippen molar-refractivity contribution < 1.29 is 17.9 Å². The molecule has 0 radical (unpaired) electrons. The summed E-state index contributed by atoms with van der Waals surface area (Å²) in [5, 5.41) is 6.46. The Morgan fingerprint density at radius 3 is 2.50 bits per heavy atom. The van der Waals surface area contributed by atoms with E-state index in [1.165, 1.54) is 12.8 Å². The smallest absolute Gasteiger partial charge is 0.422 e. The number of hydrogen-bond donors (Lipinski definition) is 2. The van der Waals surface area contributed by atoms with Crippen molar-refractivity contribution in [1.29, 1.82) is 0 Å². The minimum absolute atomic E-state index is 0. The molecule has 5 nitrogen and oxygen atoms in total. The van der Waals surface area contributed by atoms with Crippen molar-refractivity contribution in [3.8, 4) is 5.75 Å². The molecule has 0 aromatic heterocycles. The Hall–Kier alpha value is -1.23. The van der Waals surface area contributed by atoms with Crippen molar-refractivity contribution in [2.24, 2.45) is 10.9 Å². The lowest BCUT2D eigenvalue weighted by molar-refractivity contribution is -0.153. The Morgan fingerprint density at radius 1 is 1.29 bits per heavy atom. The summed E-state index contributed by atoms with van der Waals surface area (Å²) in [6.45, 7) is 1.60. The number of rotatable bonds is 8. The van der Waals surface area contributed by atoms with Gasteiger partial charge >= 0.3 is 6.18 Å². The first-order chi connectivity index (χ1) is 12.7. The Morgan fingerprint density at radius 2 is 1.96 bits per heavy atom. The van der Waals surface area contributed by atoms with Crippen LogP contribution in [0.1, 0.15) is 24.0 Å². The van der Waals surface area contributed by atoms with E-state index in [0.29, 0.717) is 30.0 Å². The lowest BCUT2D eigenvalue weighted by Gasteiger charge is -2.25. The molecule has 1 aromatic rings. The van der Waals surface area contributed by atoms with Gasteiger partial charge in [-0.1, -0.05) is 12.1 Å². The van der Waals surface area contributed by atoms with Crippen LogP contribution < -0.4 is 15.4 Å². The number of halogens is 4. The summed E-state index contributed by atoms with van der Waals surface area (Å²) in [6, 6.07) is 5.68. The molecule has 1 fully saturated rings. The number of benzene rings is 1. The second-order valence-electron chi connectivity index (χ2n) is 7.19. The largest absolute Gasteiger partial charge is 0.484 e. The van der Waals surface area contributed by atoms with Gasteiger partial charge in [-0.15, -0.1) is 24.0 Å². The molecule has 0 bridgehead atoms. The van der Waals surface area contributed by atoms with E-state index in [1.807, 2.05) is 13.0 Å². The lowest BCUT2D eigenvalue weighted by Crippen LogP contribution is -2.45. The van der Waals surface area contributed by atoms with E-state index in [1.54, 1.807) is 19.2 Å². The predicted octanol–water partition coefficient (Wildman–Crippen LogP) is 3.56. The van der Waals surface area contributed by atoms with Crippen LogP contribution in [0.2, 0.25) is 0 Å². The van der Waals surface area contributed by atoms with Gasteiger partial charge in [0.1, 0.15) is 5.75 Å². The fraction of sp³-hybridized carbons (Fsp3) is 0.632. The molecule has 0 spiro atoms. The standard InChI is InChI=1S/C19H29F3N4O.HI/c1-13-5-6-15(17(9-13)27-12-19(20,21)22)10-24-18(23-2)25-11-16(26(3)4)14-7-8-14;/h5-6,9,14,16H,7-8,10-12H2,1-4H3,(H2,23,24,25);1H. The maximum absolute atomic E-state index is 12.5.